The van der Waals surface area contributed by atoms with Crippen molar-refractivity contribution in [1.29, 1.82) is 0 Å². The van der Waals surface area contributed by atoms with Crippen LogP contribution in [0.5, 0.6) is 0 Å². The highest BCUT2D eigenvalue weighted by Gasteiger charge is 2.18. The summed E-state index contributed by atoms with van der Waals surface area (Å²) in [7, 11) is -3.91. The van der Waals surface area contributed by atoms with E-state index in [4.69, 9.17) is 0 Å². The minimum Gasteiger partial charge on any atom is -0.321 e. The van der Waals surface area contributed by atoms with E-state index in [0.717, 1.165) is 5.56 Å². The molecule has 0 saturated carbocycles. The average molecular weight is 449 g/mol. The third-order valence-corrected chi connectivity index (χ3v) is 6.23. The van der Waals surface area contributed by atoms with Crippen molar-refractivity contribution in [3.63, 3.8) is 0 Å². The minimum absolute atomic E-state index is 0.0821. The van der Waals surface area contributed by atoms with Gasteiger partial charge >= 0.3 is 0 Å². The SMILES string of the molecule is Cc1ccc(NS(=O)(=O)c2cccc(C(=O)Nc3ccccc3SC(F)F)c2)cc1. The number of nitrogens with one attached hydrogen (secondary N) is 2. The summed E-state index contributed by atoms with van der Waals surface area (Å²) in [5.74, 6) is -3.24. The van der Waals surface area contributed by atoms with Gasteiger partial charge in [-0.05, 0) is 49.4 Å². The van der Waals surface area contributed by atoms with E-state index < -0.39 is 21.7 Å². The fraction of sp³-hybridized carbons (Fsp3) is 0.0952. The van der Waals surface area contributed by atoms with Gasteiger partial charge in [-0.25, -0.2) is 8.42 Å². The van der Waals surface area contributed by atoms with Gasteiger partial charge in [0.2, 0.25) is 0 Å². The summed E-state index contributed by atoms with van der Waals surface area (Å²) in [6.07, 6.45) is 0. The predicted molar refractivity (Wildman–Crippen MR) is 115 cm³/mol. The summed E-state index contributed by atoms with van der Waals surface area (Å²) < 4.78 is 53.2. The largest absolute Gasteiger partial charge is 0.321 e. The molecule has 0 bridgehead atoms. The molecular weight excluding hydrogens is 430 g/mol. The Morgan fingerprint density at radius 3 is 2.37 bits per heavy atom. The number of rotatable bonds is 7. The fourth-order valence-electron chi connectivity index (χ4n) is 2.60. The van der Waals surface area contributed by atoms with Crippen molar-refractivity contribution in [1.82, 2.24) is 0 Å². The van der Waals surface area contributed by atoms with Crippen LogP contribution in [0.2, 0.25) is 0 Å². The zero-order chi connectivity index (χ0) is 21.7. The number of benzene rings is 3. The number of para-hydroxylation sites is 1. The van der Waals surface area contributed by atoms with Crippen LogP contribution in [0.25, 0.3) is 0 Å². The third-order valence-electron chi connectivity index (χ3n) is 4.06. The van der Waals surface area contributed by atoms with Gasteiger partial charge in [-0.3, -0.25) is 9.52 Å². The van der Waals surface area contributed by atoms with Crippen LogP contribution in [0.15, 0.2) is 82.6 Å². The molecule has 0 aliphatic rings. The van der Waals surface area contributed by atoms with Crippen LogP contribution in [-0.2, 0) is 10.0 Å². The number of alkyl halides is 2. The summed E-state index contributed by atoms with van der Waals surface area (Å²) in [6, 6.07) is 18.5. The van der Waals surface area contributed by atoms with E-state index in [-0.39, 0.29) is 21.0 Å². The zero-order valence-corrected chi connectivity index (χ0v) is 17.4. The average Bonchev–Trinajstić information content (AvgIpc) is 2.71. The summed E-state index contributed by atoms with van der Waals surface area (Å²) >= 11 is 0.318. The second kappa shape index (κ2) is 9.27. The van der Waals surface area contributed by atoms with Gasteiger partial charge in [0.15, 0.2) is 0 Å². The van der Waals surface area contributed by atoms with E-state index in [2.05, 4.69) is 10.0 Å². The highest BCUT2D eigenvalue weighted by atomic mass is 32.2. The van der Waals surface area contributed by atoms with Gasteiger partial charge in [0.1, 0.15) is 0 Å². The monoisotopic (exact) mass is 448 g/mol. The molecule has 0 unspecified atom stereocenters. The first-order valence-corrected chi connectivity index (χ1v) is 11.2. The van der Waals surface area contributed by atoms with Crippen molar-refractivity contribution in [3.8, 4) is 0 Å². The Bertz CT molecular complexity index is 1150. The molecule has 9 heteroatoms. The van der Waals surface area contributed by atoms with E-state index in [9.17, 15) is 22.0 Å². The first kappa shape index (κ1) is 21.8. The number of amides is 1. The van der Waals surface area contributed by atoms with Crippen molar-refractivity contribution in [3.05, 3.63) is 83.9 Å². The first-order valence-electron chi connectivity index (χ1n) is 8.79. The number of thioether (sulfide) groups is 1. The molecule has 0 atom stereocenters. The highest BCUT2D eigenvalue weighted by molar-refractivity contribution is 7.99. The summed E-state index contributed by atoms with van der Waals surface area (Å²) in [6.45, 7) is 1.89. The second-order valence-electron chi connectivity index (χ2n) is 6.33. The molecule has 0 fully saturated rings. The van der Waals surface area contributed by atoms with Crippen molar-refractivity contribution in [2.75, 3.05) is 10.0 Å². The molecule has 0 aliphatic carbocycles. The van der Waals surface area contributed by atoms with E-state index in [1.54, 1.807) is 36.4 Å². The highest BCUT2D eigenvalue weighted by Crippen LogP contribution is 2.32. The van der Waals surface area contributed by atoms with Crippen LogP contribution in [-0.4, -0.2) is 20.1 Å². The smallest absolute Gasteiger partial charge is 0.288 e. The molecule has 0 spiro atoms. The van der Waals surface area contributed by atoms with Crippen LogP contribution < -0.4 is 10.0 Å². The molecule has 0 aliphatic heterocycles. The minimum atomic E-state index is -3.91. The summed E-state index contributed by atoms with van der Waals surface area (Å²) in [5, 5.41) is 2.56. The van der Waals surface area contributed by atoms with Gasteiger partial charge in [-0.2, -0.15) is 8.78 Å². The molecule has 0 aromatic heterocycles. The Morgan fingerprint density at radius 2 is 1.67 bits per heavy atom. The Balaban J connectivity index is 1.81. The van der Waals surface area contributed by atoms with Gasteiger partial charge in [-0.1, -0.05) is 47.7 Å². The van der Waals surface area contributed by atoms with Gasteiger partial charge < -0.3 is 5.32 Å². The molecule has 0 saturated heterocycles. The number of halogens is 2. The molecule has 3 aromatic rings. The molecule has 2 N–H and O–H groups in total. The maximum atomic E-state index is 12.7. The maximum Gasteiger partial charge on any atom is 0.288 e. The maximum absolute atomic E-state index is 12.7. The van der Waals surface area contributed by atoms with E-state index in [0.29, 0.717) is 17.4 Å². The Kier molecular flexibility index (Phi) is 6.73. The number of anilines is 2. The number of hydrogen-bond donors (Lipinski definition) is 2. The molecule has 0 heterocycles. The van der Waals surface area contributed by atoms with Gasteiger partial charge in [-0.15, -0.1) is 0 Å². The molecule has 30 heavy (non-hydrogen) atoms. The number of aryl methyl sites for hydroxylation is 1. The van der Waals surface area contributed by atoms with Crippen LogP contribution in [0.4, 0.5) is 20.2 Å². The molecular formula is C21H18F2N2O3S2. The van der Waals surface area contributed by atoms with Crippen molar-refractivity contribution >= 4 is 39.1 Å². The van der Waals surface area contributed by atoms with Crippen LogP contribution in [0.1, 0.15) is 15.9 Å². The van der Waals surface area contributed by atoms with Crippen molar-refractivity contribution in [2.24, 2.45) is 0 Å². The standard InChI is InChI=1S/C21H18F2N2O3S2/c1-14-9-11-16(12-10-14)25-30(27,28)17-6-4-5-15(13-17)20(26)24-18-7-2-3-8-19(18)29-21(22)23/h2-13,21,25H,1H3,(H,24,26). The van der Waals surface area contributed by atoms with E-state index in [1.165, 1.54) is 36.4 Å². The predicted octanol–water partition coefficient (Wildman–Crippen LogP) is 5.36. The number of carbonyl (C=O) groups is 1. The molecule has 3 aromatic carbocycles. The van der Waals surface area contributed by atoms with E-state index in [1.807, 2.05) is 6.92 Å². The fourth-order valence-corrected chi connectivity index (χ4v) is 4.30. The first-order chi connectivity index (χ1) is 14.2. The Labute approximate surface area is 177 Å². The van der Waals surface area contributed by atoms with Gasteiger partial charge in [0, 0.05) is 16.1 Å². The number of hydrogen-bond acceptors (Lipinski definition) is 4. The lowest BCUT2D eigenvalue weighted by atomic mass is 10.2. The number of carbonyl (C=O) groups excluding carboxylic acids is 1. The molecule has 156 valence electrons. The molecule has 1 amide bonds. The van der Waals surface area contributed by atoms with Gasteiger partial charge in [0.05, 0.1) is 10.6 Å². The molecule has 3 rings (SSSR count). The zero-order valence-electron chi connectivity index (χ0n) is 15.8. The molecule has 0 radical (unpaired) electrons. The van der Waals surface area contributed by atoms with Crippen molar-refractivity contribution in [2.45, 2.75) is 22.5 Å². The normalized spacial score (nSPS) is 11.3. The topological polar surface area (TPSA) is 75.3 Å². The quantitative estimate of drug-likeness (QED) is 0.477. The van der Waals surface area contributed by atoms with Crippen LogP contribution in [0, 0.1) is 6.92 Å². The van der Waals surface area contributed by atoms with Crippen LogP contribution in [0.3, 0.4) is 0 Å². The Hall–Kier alpha value is -2.91. The van der Waals surface area contributed by atoms with Gasteiger partial charge in [0.25, 0.3) is 21.7 Å². The third kappa shape index (κ3) is 5.58. The lowest BCUT2D eigenvalue weighted by Crippen LogP contribution is -2.16. The lowest BCUT2D eigenvalue weighted by Gasteiger charge is -2.12. The lowest BCUT2D eigenvalue weighted by molar-refractivity contribution is 0.102. The van der Waals surface area contributed by atoms with Crippen molar-refractivity contribution < 1.29 is 22.0 Å². The Morgan fingerprint density at radius 1 is 0.967 bits per heavy atom. The second-order valence-corrected chi connectivity index (χ2v) is 9.04. The van der Waals surface area contributed by atoms with Crippen LogP contribution >= 0.6 is 11.8 Å². The summed E-state index contributed by atoms with van der Waals surface area (Å²) in [5.41, 5.74) is 1.69. The summed E-state index contributed by atoms with van der Waals surface area (Å²) in [4.78, 5) is 12.7. The molecule has 5 nitrogen and oxygen atoms in total. The van der Waals surface area contributed by atoms with E-state index >= 15 is 0 Å². The number of sulfonamides is 1.